The maximum absolute atomic E-state index is 12.2. The molecule has 20 heavy (non-hydrogen) atoms. The molecule has 116 valence electrons. The van der Waals surface area contributed by atoms with Crippen molar-refractivity contribution in [3.05, 3.63) is 0 Å². The predicted molar refractivity (Wildman–Crippen MR) is 78.0 cm³/mol. The normalized spacial score (nSPS) is 22.6. The van der Waals surface area contributed by atoms with Crippen molar-refractivity contribution in [3.63, 3.8) is 0 Å². The summed E-state index contributed by atoms with van der Waals surface area (Å²) in [6, 6.07) is 0.0968. The maximum Gasteiger partial charge on any atom is 0.242 e. The van der Waals surface area contributed by atoms with E-state index in [0.717, 1.165) is 6.42 Å². The highest BCUT2D eigenvalue weighted by Crippen LogP contribution is 2.23. The van der Waals surface area contributed by atoms with Crippen LogP contribution in [0.3, 0.4) is 0 Å². The first-order chi connectivity index (χ1) is 9.29. The molecule has 1 aliphatic rings. The number of carbonyl (C=O) groups excluding carboxylic acids is 2. The van der Waals surface area contributed by atoms with Crippen molar-refractivity contribution < 1.29 is 14.7 Å². The molecule has 5 heteroatoms. The summed E-state index contributed by atoms with van der Waals surface area (Å²) in [6.07, 6.45) is 1.53. The Hall–Kier alpha value is -1.10. The van der Waals surface area contributed by atoms with Crippen molar-refractivity contribution in [1.29, 1.82) is 0 Å². The zero-order chi connectivity index (χ0) is 15.3. The van der Waals surface area contributed by atoms with E-state index in [2.05, 4.69) is 19.2 Å². The Morgan fingerprint density at radius 2 is 1.90 bits per heavy atom. The molecule has 0 spiro atoms. The fourth-order valence-electron chi connectivity index (χ4n) is 2.68. The monoisotopic (exact) mass is 284 g/mol. The molecule has 0 aromatic carbocycles. The largest absolute Gasteiger partial charge is 0.391 e. The summed E-state index contributed by atoms with van der Waals surface area (Å²) in [5, 5.41) is 12.4. The minimum absolute atomic E-state index is 0.0346. The average Bonchev–Trinajstić information content (AvgIpc) is 2.65. The van der Waals surface area contributed by atoms with Crippen molar-refractivity contribution in [3.8, 4) is 0 Å². The van der Waals surface area contributed by atoms with Crippen LogP contribution in [0, 0.1) is 11.8 Å². The molecule has 1 saturated heterocycles. The number of β-amino-alcohol motifs (C(OH)–C–C–N with tert-alkyl or cyclic N) is 1. The Bertz CT molecular complexity index is 342. The van der Waals surface area contributed by atoms with Gasteiger partial charge >= 0.3 is 0 Å². The Morgan fingerprint density at radius 3 is 2.45 bits per heavy atom. The molecule has 2 atom stereocenters. The first kappa shape index (κ1) is 17.0. The zero-order valence-electron chi connectivity index (χ0n) is 13.1. The van der Waals surface area contributed by atoms with Crippen LogP contribution in [0.2, 0.25) is 0 Å². The summed E-state index contributed by atoms with van der Waals surface area (Å²) in [7, 11) is 0. The Labute approximate surface area is 121 Å². The van der Waals surface area contributed by atoms with Gasteiger partial charge in [0, 0.05) is 19.0 Å². The van der Waals surface area contributed by atoms with E-state index in [1.165, 1.54) is 0 Å². The highest BCUT2D eigenvalue weighted by molar-refractivity contribution is 5.85. The molecule has 1 aliphatic heterocycles. The van der Waals surface area contributed by atoms with E-state index in [1.807, 2.05) is 13.8 Å². The highest BCUT2D eigenvalue weighted by atomic mass is 16.3. The van der Waals surface area contributed by atoms with Gasteiger partial charge in [-0.25, -0.2) is 0 Å². The van der Waals surface area contributed by atoms with E-state index < -0.39 is 6.10 Å². The molecule has 1 fully saturated rings. The van der Waals surface area contributed by atoms with Crippen molar-refractivity contribution in [2.45, 2.75) is 59.1 Å². The van der Waals surface area contributed by atoms with Crippen LogP contribution in [0.1, 0.15) is 47.0 Å². The maximum atomic E-state index is 12.2. The third-order valence-electron chi connectivity index (χ3n) is 3.49. The molecule has 0 unspecified atom stereocenters. The van der Waals surface area contributed by atoms with Gasteiger partial charge in [-0.15, -0.1) is 0 Å². The van der Waals surface area contributed by atoms with Gasteiger partial charge in [0.05, 0.1) is 12.6 Å². The zero-order valence-corrected chi connectivity index (χ0v) is 13.1. The number of carbonyl (C=O) groups is 2. The third-order valence-corrected chi connectivity index (χ3v) is 3.49. The second kappa shape index (κ2) is 7.62. The van der Waals surface area contributed by atoms with Crippen LogP contribution in [0.25, 0.3) is 0 Å². The number of aliphatic hydroxyl groups excluding tert-OH is 1. The number of nitrogens with one attached hydrogen (secondary N) is 1. The van der Waals surface area contributed by atoms with Gasteiger partial charge in [0.2, 0.25) is 11.8 Å². The molecule has 0 radical (unpaired) electrons. The molecule has 0 aliphatic carbocycles. The average molecular weight is 284 g/mol. The number of hydrogen-bond donors (Lipinski definition) is 2. The van der Waals surface area contributed by atoms with Gasteiger partial charge in [0.1, 0.15) is 0 Å². The Morgan fingerprint density at radius 1 is 1.25 bits per heavy atom. The van der Waals surface area contributed by atoms with Crippen molar-refractivity contribution >= 4 is 11.8 Å². The molecular weight excluding hydrogens is 256 g/mol. The molecular formula is C15H28N2O3. The lowest BCUT2D eigenvalue weighted by atomic mass is 10.0. The minimum atomic E-state index is -0.436. The molecule has 0 aromatic rings. The summed E-state index contributed by atoms with van der Waals surface area (Å²) in [5.41, 5.74) is 0. The fraction of sp³-hybridized carbons (Fsp3) is 0.867. The van der Waals surface area contributed by atoms with Gasteiger partial charge in [-0.3, -0.25) is 9.59 Å². The third kappa shape index (κ3) is 5.49. The van der Waals surface area contributed by atoms with Crippen LogP contribution < -0.4 is 5.32 Å². The van der Waals surface area contributed by atoms with Gasteiger partial charge in [-0.2, -0.15) is 0 Å². The summed E-state index contributed by atoms with van der Waals surface area (Å²) in [5.74, 6) is 0.585. The number of amides is 2. The van der Waals surface area contributed by atoms with Crippen molar-refractivity contribution in [2.24, 2.45) is 11.8 Å². The van der Waals surface area contributed by atoms with E-state index in [-0.39, 0.29) is 30.3 Å². The van der Waals surface area contributed by atoms with E-state index in [0.29, 0.717) is 25.3 Å². The Balaban J connectivity index is 2.46. The predicted octanol–water partition coefficient (Wildman–Crippen LogP) is 1.16. The molecule has 0 bridgehead atoms. The first-order valence-electron chi connectivity index (χ1n) is 7.53. The second-order valence-electron chi connectivity index (χ2n) is 6.59. The number of rotatable bonds is 6. The summed E-state index contributed by atoms with van der Waals surface area (Å²) >= 11 is 0. The van der Waals surface area contributed by atoms with Crippen LogP contribution in [0.15, 0.2) is 0 Å². The van der Waals surface area contributed by atoms with Gasteiger partial charge in [-0.05, 0) is 24.7 Å². The summed E-state index contributed by atoms with van der Waals surface area (Å²) in [4.78, 5) is 25.5. The standard InChI is InChI=1S/C15H28N2O3/c1-10(2)5-12-7-13(18)9-17(12)15(20)8-16-14(19)6-11(3)4/h10-13,18H,5-9H2,1-4H3,(H,16,19)/t12-,13-/m1/s1. The van der Waals surface area contributed by atoms with Gasteiger partial charge in [0.15, 0.2) is 0 Å². The summed E-state index contributed by atoms with van der Waals surface area (Å²) < 4.78 is 0. The highest BCUT2D eigenvalue weighted by Gasteiger charge is 2.34. The van der Waals surface area contributed by atoms with Crippen LogP contribution in [-0.2, 0) is 9.59 Å². The number of aliphatic hydroxyl groups is 1. The SMILES string of the molecule is CC(C)CC(=O)NCC(=O)N1C[C@H](O)C[C@H]1CC(C)C. The van der Waals surface area contributed by atoms with Crippen LogP contribution in [0.5, 0.6) is 0 Å². The lowest BCUT2D eigenvalue weighted by molar-refractivity contribution is -0.134. The van der Waals surface area contributed by atoms with Gasteiger partial charge in [0.25, 0.3) is 0 Å². The molecule has 2 N–H and O–H groups in total. The summed E-state index contributed by atoms with van der Waals surface area (Å²) in [6.45, 7) is 8.58. The second-order valence-corrected chi connectivity index (χ2v) is 6.59. The number of likely N-dealkylation sites (tertiary alicyclic amines) is 1. The quantitative estimate of drug-likeness (QED) is 0.769. The molecule has 0 saturated carbocycles. The van der Waals surface area contributed by atoms with Crippen molar-refractivity contribution in [2.75, 3.05) is 13.1 Å². The fourth-order valence-corrected chi connectivity index (χ4v) is 2.68. The smallest absolute Gasteiger partial charge is 0.242 e. The minimum Gasteiger partial charge on any atom is -0.391 e. The van der Waals surface area contributed by atoms with Crippen LogP contribution in [0.4, 0.5) is 0 Å². The van der Waals surface area contributed by atoms with Crippen LogP contribution in [-0.4, -0.2) is 47.1 Å². The van der Waals surface area contributed by atoms with E-state index in [1.54, 1.807) is 4.90 Å². The molecule has 1 rings (SSSR count). The lowest BCUT2D eigenvalue weighted by Crippen LogP contribution is -2.43. The van der Waals surface area contributed by atoms with Gasteiger partial charge in [-0.1, -0.05) is 27.7 Å². The molecule has 2 amide bonds. The van der Waals surface area contributed by atoms with E-state index in [4.69, 9.17) is 0 Å². The van der Waals surface area contributed by atoms with E-state index in [9.17, 15) is 14.7 Å². The molecule has 1 heterocycles. The van der Waals surface area contributed by atoms with Crippen LogP contribution >= 0.6 is 0 Å². The number of nitrogens with zero attached hydrogens (tertiary/aromatic N) is 1. The number of hydrogen-bond acceptors (Lipinski definition) is 3. The van der Waals surface area contributed by atoms with E-state index >= 15 is 0 Å². The Kier molecular flexibility index (Phi) is 6.46. The molecule has 0 aromatic heterocycles. The molecule has 5 nitrogen and oxygen atoms in total. The lowest BCUT2D eigenvalue weighted by Gasteiger charge is -2.26. The van der Waals surface area contributed by atoms with Crippen molar-refractivity contribution in [1.82, 2.24) is 10.2 Å². The van der Waals surface area contributed by atoms with Gasteiger partial charge < -0.3 is 15.3 Å². The topological polar surface area (TPSA) is 69.6 Å². The first-order valence-corrected chi connectivity index (χ1v) is 7.53.